The van der Waals surface area contributed by atoms with Gasteiger partial charge in [0.1, 0.15) is 6.10 Å². The number of rotatable bonds is 4. The minimum Gasteiger partial charge on any atom is -0.393 e. The normalized spacial score (nSPS) is 9.38. The van der Waals surface area contributed by atoms with E-state index in [4.69, 9.17) is 4.84 Å². The highest BCUT2D eigenvalue weighted by Gasteiger charge is 1.87. The van der Waals surface area contributed by atoms with Crippen LogP contribution in [-0.4, -0.2) is 24.1 Å². The van der Waals surface area contributed by atoms with E-state index in [-0.39, 0.29) is 6.10 Å². The third-order valence-electron chi connectivity index (χ3n) is 1.22. The first-order chi connectivity index (χ1) is 7.25. The molecule has 0 aromatic carbocycles. The van der Waals surface area contributed by atoms with Gasteiger partial charge in [-0.15, -0.1) is 0 Å². The molecule has 0 heterocycles. The summed E-state index contributed by atoms with van der Waals surface area (Å²) in [5, 5.41) is 3.74. The van der Waals surface area contributed by atoms with E-state index in [1.54, 1.807) is 0 Å². The van der Waals surface area contributed by atoms with Crippen LogP contribution in [0.5, 0.6) is 0 Å². The second-order valence-corrected chi connectivity index (χ2v) is 4.87. The van der Waals surface area contributed by atoms with Crippen molar-refractivity contribution in [3.8, 4) is 0 Å². The van der Waals surface area contributed by atoms with Gasteiger partial charge in [-0.1, -0.05) is 19.0 Å². The number of hydrogen-bond acceptors (Lipinski definition) is 3. The fourth-order valence-electron chi connectivity index (χ4n) is 0.576. The molecule has 0 N–H and O–H groups in total. The fraction of sp³-hybridized carbons (Fsp3) is 0.846. The van der Waals surface area contributed by atoms with Crippen molar-refractivity contribution in [1.82, 2.24) is 0 Å². The summed E-state index contributed by atoms with van der Waals surface area (Å²) < 4.78 is 0. The summed E-state index contributed by atoms with van der Waals surface area (Å²) in [6, 6.07) is 0. The van der Waals surface area contributed by atoms with Gasteiger partial charge in [0.15, 0.2) is 0 Å². The summed E-state index contributed by atoms with van der Waals surface area (Å²) in [6.07, 6.45) is 0.199. The molecule has 3 nitrogen and oxygen atoms in total. The van der Waals surface area contributed by atoms with E-state index in [9.17, 15) is 0 Å². The van der Waals surface area contributed by atoms with Crippen molar-refractivity contribution in [3.63, 3.8) is 0 Å². The molecular formula is C13H28N2O. The number of nitrogens with zero attached hydrogens (tertiary/aromatic N) is 2. The van der Waals surface area contributed by atoms with E-state index < -0.39 is 0 Å². The van der Waals surface area contributed by atoms with Crippen LogP contribution in [0.4, 0.5) is 0 Å². The van der Waals surface area contributed by atoms with Crippen LogP contribution in [0.2, 0.25) is 0 Å². The zero-order valence-corrected chi connectivity index (χ0v) is 12.2. The van der Waals surface area contributed by atoms with Crippen molar-refractivity contribution in [1.29, 1.82) is 0 Å². The second kappa shape index (κ2) is 10.7. The minimum absolute atomic E-state index is 0.199. The van der Waals surface area contributed by atoms with E-state index in [1.807, 2.05) is 41.5 Å². The van der Waals surface area contributed by atoms with Crippen LogP contribution in [0.1, 0.15) is 55.4 Å². The van der Waals surface area contributed by atoms with Gasteiger partial charge in [-0.3, -0.25) is 4.99 Å². The third kappa shape index (κ3) is 23.2. The highest BCUT2D eigenvalue weighted by atomic mass is 16.6. The van der Waals surface area contributed by atoms with E-state index in [0.29, 0.717) is 5.92 Å². The standard InChI is InChI=1S/C7H15N.C6H13NO/c1-6(2)5-8-7(3)4;1-5(2)7-8-6(3)4/h6H,5H2,1-4H3;6H,1-4H3. The molecule has 0 aliphatic carbocycles. The van der Waals surface area contributed by atoms with Gasteiger partial charge in [0, 0.05) is 12.3 Å². The van der Waals surface area contributed by atoms with Crippen molar-refractivity contribution >= 4 is 11.4 Å². The first kappa shape index (κ1) is 17.5. The summed E-state index contributed by atoms with van der Waals surface area (Å²) in [6.45, 7) is 17.1. The van der Waals surface area contributed by atoms with Crippen LogP contribution < -0.4 is 0 Å². The lowest BCUT2D eigenvalue weighted by molar-refractivity contribution is 0.0857. The monoisotopic (exact) mass is 228 g/mol. The smallest absolute Gasteiger partial charge is 0.122 e. The maximum Gasteiger partial charge on any atom is 0.122 e. The zero-order chi connectivity index (χ0) is 13.1. The molecule has 0 aliphatic rings. The Balaban J connectivity index is 0. The molecule has 0 bridgehead atoms. The van der Waals surface area contributed by atoms with Gasteiger partial charge >= 0.3 is 0 Å². The lowest BCUT2D eigenvalue weighted by atomic mass is 10.2. The summed E-state index contributed by atoms with van der Waals surface area (Å²) in [7, 11) is 0. The van der Waals surface area contributed by atoms with Gasteiger partial charge in [0.05, 0.1) is 5.71 Å². The molecule has 96 valence electrons. The Morgan fingerprint density at radius 3 is 1.56 bits per heavy atom. The fourth-order valence-corrected chi connectivity index (χ4v) is 0.576. The van der Waals surface area contributed by atoms with E-state index in [1.165, 1.54) is 5.71 Å². The second-order valence-electron chi connectivity index (χ2n) is 4.87. The third-order valence-corrected chi connectivity index (χ3v) is 1.22. The molecule has 0 aromatic rings. The molecule has 0 saturated heterocycles. The van der Waals surface area contributed by atoms with E-state index in [2.05, 4.69) is 24.0 Å². The van der Waals surface area contributed by atoms with Crippen molar-refractivity contribution < 1.29 is 4.84 Å². The minimum atomic E-state index is 0.199. The number of hydrogen-bond donors (Lipinski definition) is 0. The molecule has 0 spiro atoms. The molecule has 0 aliphatic heterocycles. The van der Waals surface area contributed by atoms with Crippen LogP contribution in [0, 0.1) is 5.92 Å². The van der Waals surface area contributed by atoms with Crippen molar-refractivity contribution in [2.24, 2.45) is 16.1 Å². The summed E-state index contributed by atoms with van der Waals surface area (Å²) in [4.78, 5) is 9.13. The average molecular weight is 228 g/mol. The Labute approximate surface area is 101 Å². The summed E-state index contributed by atoms with van der Waals surface area (Å²) >= 11 is 0. The topological polar surface area (TPSA) is 34.0 Å². The zero-order valence-electron chi connectivity index (χ0n) is 12.2. The lowest BCUT2D eigenvalue weighted by Gasteiger charge is -2.00. The van der Waals surface area contributed by atoms with E-state index in [0.717, 1.165) is 12.3 Å². The Morgan fingerprint density at radius 1 is 0.938 bits per heavy atom. The molecule has 0 saturated carbocycles. The molecule has 0 radical (unpaired) electrons. The molecule has 0 aromatic heterocycles. The lowest BCUT2D eigenvalue weighted by Crippen LogP contribution is -1.97. The molecule has 0 unspecified atom stereocenters. The van der Waals surface area contributed by atoms with Gasteiger partial charge in [-0.2, -0.15) is 0 Å². The Hall–Kier alpha value is -0.860. The Morgan fingerprint density at radius 2 is 1.44 bits per heavy atom. The van der Waals surface area contributed by atoms with Crippen molar-refractivity contribution in [2.45, 2.75) is 61.5 Å². The predicted octanol–water partition coefficient (Wildman–Crippen LogP) is 3.93. The highest BCUT2D eigenvalue weighted by Crippen LogP contribution is 1.91. The van der Waals surface area contributed by atoms with Crippen molar-refractivity contribution in [2.75, 3.05) is 6.54 Å². The Bertz CT molecular complexity index is 186. The van der Waals surface area contributed by atoms with Gasteiger partial charge in [0.2, 0.25) is 0 Å². The first-order valence-corrected chi connectivity index (χ1v) is 5.90. The Kier molecular flexibility index (Phi) is 11.7. The molecule has 0 rings (SSSR count). The van der Waals surface area contributed by atoms with Crippen LogP contribution >= 0.6 is 0 Å². The largest absolute Gasteiger partial charge is 0.393 e. The molecular weight excluding hydrogens is 200 g/mol. The van der Waals surface area contributed by atoms with Crippen LogP contribution in [0.15, 0.2) is 10.1 Å². The highest BCUT2D eigenvalue weighted by molar-refractivity contribution is 5.79. The molecule has 3 heteroatoms. The van der Waals surface area contributed by atoms with Crippen molar-refractivity contribution in [3.05, 3.63) is 0 Å². The van der Waals surface area contributed by atoms with Gasteiger partial charge in [0.25, 0.3) is 0 Å². The van der Waals surface area contributed by atoms with Gasteiger partial charge in [-0.05, 0) is 47.5 Å². The van der Waals surface area contributed by atoms with E-state index >= 15 is 0 Å². The quantitative estimate of drug-likeness (QED) is 0.530. The van der Waals surface area contributed by atoms with Gasteiger partial charge < -0.3 is 4.84 Å². The number of aliphatic imine (C=N–C) groups is 1. The first-order valence-electron chi connectivity index (χ1n) is 5.90. The number of oxime groups is 1. The van der Waals surface area contributed by atoms with Crippen LogP contribution in [0.3, 0.4) is 0 Å². The summed E-state index contributed by atoms with van der Waals surface area (Å²) in [5.74, 6) is 0.699. The maximum atomic E-state index is 4.89. The molecule has 0 amide bonds. The molecule has 0 fully saturated rings. The maximum absolute atomic E-state index is 4.89. The average Bonchev–Trinajstić information content (AvgIpc) is 2.12. The predicted molar refractivity (Wildman–Crippen MR) is 73.5 cm³/mol. The molecule has 16 heavy (non-hydrogen) atoms. The van der Waals surface area contributed by atoms with Crippen LogP contribution in [-0.2, 0) is 4.84 Å². The SMILES string of the molecule is CC(C)=NCC(C)C.CC(C)=NOC(C)C. The summed E-state index contributed by atoms with van der Waals surface area (Å²) in [5.41, 5.74) is 2.14. The van der Waals surface area contributed by atoms with Crippen LogP contribution in [0.25, 0.3) is 0 Å². The van der Waals surface area contributed by atoms with Gasteiger partial charge in [-0.25, -0.2) is 0 Å². The molecule has 0 atom stereocenters.